The Balaban J connectivity index is 1.69. The molecule has 26 heavy (non-hydrogen) atoms. The van der Waals surface area contributed by atoms with Crippen molar-refractivity contribution in [1.29, 1.82) is 0 Å². The van der Waals surface area contributed by atoms with E-state index in [9.17, 15) is 14.4 Å². The fourth-order valence-corrected chi connectivity index (χ4v) is 6.44. The van der Waals surface area contributed by atoms with Crippen molar-refractivity contribution in [3.63, 3.8) is 0 Å². The van der Waals surface area contributed by atoms with Gasteiger partial charge in [0.05, 0.1) is 5.71 Å². The average molecular weight is 357 g/mol. The number of carbonyl (C=O) groups excluding carboxylic acids is 1. The first-order chi connectivity index (χ1) is 12.4. The van der Waals surface area contributed by atoms with Crippen molar-refractivity contribution in [2.45, 2.75) is 64.7 Å². The molecular formula is C22H28FNO2. The highest BCUT2D eigenvalue weighted by Gasteiger charge is 2.57. The summed E-state index contributed by atoms with van der Waals surface area (Å²) in [5.74, 6) is 1.95. The van der Waals surface area contributed by atoms with Crippen LogP contribution in [0.1, 0.15) is 69.4 Å². The number of benzene rings is 1. The van der Waals surface area contributed by atoms with Crippen molar-refractivity contribution in [3.05, 3.63) is 35.1 Å². The molecule has 5 atom stereocenters. The maximum absolute atomic E-state index is 13.7. The quantitative estimate of drug-likeness (QED) is 0.604. The zero-order valence-corrected chi connectivity index (χ0v) is 15.7. The van der Waals surface area contributed by atoms with Crippen molar-refractivity contribution < 1.29 is 14.4 Å². The Kier molecular flexibility index (Phi) is 4.40. The van der Waals surface area contributed by atoms with Crippen LogP contribution in [-0.2, 0) is 11.2 Å². The molecule has 2 saturated carbocycles. The van der Waals surface area contributed by atoms with E-state index in [-0.39, 0.29) is 17.0 Å². The van der Waals surface area contributed by atoms with Crippen LogP contribution in [0.15, 0.2) is 23.4 Å². The highest BCUT2D eigenvalue weighted by molar-refractivity contribution is 5.92. The van der Waals surface area contributed by atoms with Crippen molar-refractivity contribution in [3.8, 4) is 0 Å². The van der Waals surface area contributed by atoms with E-state index >= 15 is 0 Å². The number of hydrogen-bond acceptors (Lipinski definition) is 3. The predicted octanol–water partition coefficient (Wildman–Crippen LogP) is 5.11. The van der Waals surface area contributed by atoms with Crippen molar-refractivity contribution in [2.24, 2.45) is 28.3 Å². The zero-order valence-electron chi connectivity index (χ0n) is 15.7. The van der Waals surface area contributed by atoms with Crippen molar-refractivity contribution >= 4 is 11.5 Å². The molecule has 3 unspecified atom stereocenters. The fraction of sp³-hybridized carbons (Fsp3) is 0.636. The summed E-state index contributed by atoms with van der Waals surface area (Å²) in [6.07, 6.45) is 6.36. The molecule has 0 radical (unpaired) electrons. The third-order valence-corrected chi connectivity index (χ3v) is 7.55. The van der Waals surface area contributed by atoms with Gasteiger partial charge in [-0.25, -0.2) is 4.39 Å². The second-order valence-corrected chi connectivity index (χ2v) is 8.89. The van der Waals surface area contributed by atoms with Gasteiger partial charge in [0.2, 0.25) is 0 Å². The van der Waals surface area contributed by atoms with E-state index < -0.39 is 0 Å². The van der Waals surface area contributed by atoms with Gasteiger partial charge in [0.15, 0.2) is 0 Å². The van der Waals surface area contributed by atoms with Gasteiger partial charge in [0.25, 0.3) is 0 Å². The smallest absolute Gasteiger partial charge is 0.129 e. The number of oxime groups is 1. The van der Waals surface area contributed by atoms with Crippen LogP contribution < -0.4 is 0 Å². The first-order valence-corrected chi connectivity index (χ1v) is 9.93. The molecule has 3 aliphatic carbocycles. The molecule has 0 aliphatic heterocycles. The van der Waals surface area contributed by atoms with Crippen LogP contribution >= 0.6 is 0 Å². The summed E-state index contributed by atoms with van der Waals surface area (Å²) in [5, 5.41) is 13.3. The van der Waals surface area contributed by atoms with Gasteiger partial charge in [-0.3, -0.25) is 0 Å². The summed E-state index contributed by atoms with van der Waals surface area (Å²) in [4.78, 5) is 11.6. The number of Topliss-reactive ketones (excluding diaryl/α,β-unsaturated/α-hetero) is 1. The molecular weight excluding hydrogens is 329 g/mol. The van der Waals surface area contributed by atoms with Crippen molar-refractivity contribution in [1.82, 2.24) is 0 Å². The number of fused-ring (bicyclic) bond motifs is 5. The van der Waals surface area contributed by atoms with Crippen LogP contribution in [0.2, 0.25) is 0 Å². The number of rotatable bonds is 3. The highest BCUT2D eigenvalue weighted by atomic mass is 19.1. The summed E-state index contributed by atoms with van der Waals surface area (Å²) in [6.45, 7) is 3.92. The van der Waals surface area contributed by atoms with Crippen LogP contribution in [0.3, 0.4) is 0 Å². The standard InChI is InChI=1S/C22H28FNO2/c1-13(25)3-4-15-12-20(24-26)22(2)10-9-18-17-8-6-16(23)11-14(17)5-7-19(18)21(15)22/h6,8,11,15,18-19,21,26H,3-5,7,9-10,12H2,1-2H3/b24-20+/t15-,18?,19?,21?,22-/m1/s1. The van der Waals surface area contributed by atoms with Crippen LogP contribution in [0, 0.1) is 29.0 Å². The number of carbonyl (C=O) groups is 1. The van der Waals surface area contributed by atoms with E-state index in [2.05, 4.69) is 12.1 Å². The Morgan fingerprint density at radius 3 is 2.92 bits per heavy atom. The number of hydrogen-bond donors (Lipinski definition) is 1. The van der Waals surface area contributed by atoms with Gasteiger partial charge >= 0.3 is 0 Å². The van der Waals surface area contributed by atoms with Gasteiger partial charge in [-0.05, 0) is 92.4 Å². The van der Waals surface area contributed by atoms with E-state index in [1.165, 1.54) is 11.1 Å². The summed E-state index contributed by atoms with van der Waals surface area (Å²) in [7, 11) is 0. The van der Waals surface area contributed by atoms with E-state index in [0.29, 0.717) is 30.1 Å². The molecule has 4 heteroatoms. The van der Waals surface area contributed by atoms with Crippen LogP contribution in [-0.4, -0.2) is 16.7 Å². The molecule has 0 spiro atoms. The summed E-state index contributed by atoms with van der Waals surface area (Å²) >= 11 is 0. The summed E-state index contributed by atoms with van der Waals surface area (Å²) < 4.78 is 13.7. The maximum Gasteiger partial charge on any atom is 0.129 e. The van der Waals surface area contributed by atoms with Gasteiger partial charge in [-0.2, -0.15) is 0 Å². The molecule has 1 aromatic rings. The highest BCUT2D eigenvalue weighted by Crippen LogP contribution is 2.62. The summed E-state index contributed by atoms with van der Waals surface area (Å²) in [5.41, 5.74) is 3.36. The Bertz CT molecular complexity index is 759. The van der Waals surface area contributed by atoms with Crippen molar-refractivity contribution in [2.75, 3.05) is 0 Å². The predicted molar refractivity (Wildman–Crippen MR) is 99.0 cm³/mol. The van der Waals surface area contributed by atoms with E-state index in [4.69, 9.17) is 0 Å². The van der Waals surface area contributed by atoms with E-state index in [1.807, 2.05) is 6.07 Å². The van der Waals surface area contributed by atoms with E-state index in [0.717, 1.165) is 44.2 Å². The zero-order chi connectivity index (χ0) is 18.5. The largest absolute Gasteiger partial charge is 0.411 e. The number of ketones is 1. The maximum atomic E-state index is 13.7. The lowest BCUT2D eigenvalue weighted by atomic mass is 9.54. The molecule has 2 fully saturated rings. The molecule has 140 valence electrons. The second-order valence-electron chi connectivity index (χ2n) is 8.89. The molecule has 0 amide bonds. The normalized spacial score (nSPS) is 37.1. The fourth-order valence-electron chi connectivity index (χ4n) is 6.44. The van der Waals surface area contributed by atoms with Gasteiger partial charge in [-0.1, -0.05) is 18.1 Å². The Morgan fingerprint density at radius 2 is 2.19 bits per heavy atom. The van der Waals surface area contributed by atoms with Crippen LogP contribution in [0.4, 0.5) is 4.39 Å². The number of nitrogens with zero attached hydrogens (tertiary/aromatic N) is 1. The van der Waals surface area contributed by atoms with Gasteiger partial charge in [0, 0.05) is 11.8 Å². The molecule has 1 N–H and O–H groups in total. The number of aryl methyl sites for hydroxylation is 1. The first kappa shape index (κ1) is 17.7. The second kappa shape index (κ2) is 6.47. The number of halogens is 1. The van der Waals surface area contributed by atoms with Gasteiger partial charge in [-0.15, -0.1) is 0 Å². The first-order valence-electron chi connectivity index (χ1n) is 9.93. The Hall–Kier alpha value is -1.71. The van der Waals surface area contributed by atoms with Crippen LogP contribution in [0.5, 0.6) is 0 Å². The third kappa shape index (κ3) is 2.69. The SMILES string of the molecule is CC(=O)CC[C@@H]1C/C(=N\O)[C@@]2(C)CCC3c4ccc(F)cc4CCC3C12. The molecule has 1 aromatic carbocycles. The Labute approximate surface area is 154 Å². The van der Waals surface area contributed by atoms with Crippen LogP contribution in [0.25, 0.3) is 0 Å². The minimum absolute atomic E-state index is 0.0606. The molecule has 4 rings (SSSR count). The monoisotopic (exact) mass is 357 g/mol. The molecule has 0 aromatic heterocycles. The summed E-state index contributed by atoms with van der Waals surface area (Å²) in [6, 6.07) is 5.30. The Morgan fingerprint density at radius 1 is 1.38 bits per heavy atom. The third-order valence-electron chi connectivity index (χ3n) is 7.55. The van der Waals surface area contributed by atoms with E-state index in [1.54, 1.807) is 19.1 Å². The average Bonchev–Trinajstić information content (AvgIpc) is 2.91. The molecule has 0 heterocycles. The molecule has 0 bridgehead atoms. The lowest BCUT2D eigenvalue weighted by Crippen LogP contribution is -2.44. The van der Waals surface area contributed by atoms with Gasteiger partial charge < -0.3 is 10.0 Å². The van der Waals surface area contributed by atoms with Gasteiger partial charge in [0.1, 0.15) is 11.6 Å². The molecule has 3 nitrogen and oxygen atoms in total. The topological polar surface area (TPSA) is 49.7 Å². The lowest BCUT2D eigenvalue weighted by Gasteiger charge is -2.50. The molecule has 0 saturated heterocycles. The minimum Gasteiger partial charge on any atom is -0.411 e. The lowest BCUT2D eigenvalue weighted by molar-refractivity contribution is -0.117. The molecule has 3 aliphatic rings. The minimum atomic E-state index is -0.141.